The Morgan fingerprint density at radius 3 is 2.56 bits per heavy atom. The van der Waals surface area contributed by atoms with Crippen LogP contribution in [0.2, 0.25) is 0 Å². The molecule has 1 heterocycles. The summed E-state index contributed by atoms with van der Waals surface area (Å²) in [5.41, 5.74) is 6.21. The van der Waals surface area contributed by atoms with Gasteiger partial charge in [-0.2, -0.15) is 4.98 Å². The maximum atomic E-state index is 13.1. The molecule has 3 N–H and O–H groups in total. The van der Waals surface area contributed by atoms with Crippen molar-refractivity contribution in [2.45, 2.75) is 57.0 Å². The van der Waals surface area contributed by atoms with Crippen LogP contribution in [0, 0.1) is 5.82 Å². The van der Waals surface area contributed by atoms with Gasteiger partial charge in [-0.1, -0.05) is 24.2 Å². The van der Waals surface area contributed by atoms with Crippen LogP contribution < -0.4 is 11.1 Å². The van der Waals surface area contributed by atoms with E-state index in [1.165, 1.54) is 12.1 Å². The first-order valence-electron chi connectivity index (χ1n) is 8.70. The molecule has 2 aromatic rings. The molecule has 0 unspecified atom stereocenters. The van der Waals surface area contributed by atoms with E-state index in [-0.39, 0.29) is 17.8 Å². The molecule has 1 fully saturated rings. The van der Waals surface area contributed by atoms with Gasteiger partial charge in [-0.3, -0.25) is 10.1 Å². The molecule has 1 aromatic heterocycles. The van der Waals surface area contributed by atoms with Gasteiger partial charge in [-0.15, -0.1) is 0 Å². The van der Waals surface area contributed by atoms with Gasteiger partial charge in [0, 0.05) is 18.4 Å². The minimum Gasteiger partial charge on any atom is -0.368 e. The Morgan fingerprint density at radius 2 is 2.00 bits per heavy atom. The number of nitrogens with zero attached hydrogens (tertiary/aromatic N) is 2. The number of rotatable bonds is 6. The molecule has 7 heteroatoms. The van der Waals surface area contributed by atoms with Crippen LogP contribution in [0.25, 0.3) is 0 Å². The summed E-state index contributed by atoms with van der Waals surface area (Å²) >= 11 is 0. The van der Waals surface area contributed by atoms with Gasteiger partial charge in [0.15, 0.2) is 5.82 Å². The van der Waals surface area contributed by atoms with Crippen molar-refractivity contribution in [1.82, 2.24) is 15.5 Å². The summed E-state index contributed by atoms with van der Waals surface area (Å²) < 4.78 is 18.4. The first-order valence-corrected chi connectivity index (χ1v) is 8.70. The maximum Gasteiger partial charge on any atom is 0.239 e. The van der Waals surface area contributed by atoms with Gasteiger partial charge >= 0.3 is 0 Å². The highest BCUT2D eigenvalue weighted by molar-refractivity contribution is 5.81. The molecule has 134 valence electrons. The summed E-state index contributed by atoms with van der Waals surface area (Å²) in [5.74, 6) is 0.918. The molecule has 1 amide bonds. The number of aromatic nitrogens is 2. The first-order chi connectivity index (χ1) is 12.1. The third-order valence-corrected chi connectivity index (χ3v) is 4.77. The van der Waals surface area contributed by atoms with E-state index >= 15 is 0 Å². The van der Waals surface area contributed by atoms with E-state index in [2.05, 4.69) is 15.5 Å². The quantitative estimate of drug-likeness (QED) is 0.838. The number of nitrogens with one attached hydrogen (secondary N) is 1. The second-order valence-electron chi connectivity index (χ2n) is 6.50. The lowest BCUT2D eigenvalue weighted by Crippen LogP contribution is -2.41. The van der Waals surface area contributed by atoms with Crippen LogP contribution in [0.1, 0.15) is 61.8 Å². The van der Waals surface area contributed by atoms with E-state index in [0.29, 0.717) is 11.5 Å². The lowest BCUT2D eigenvalue weighted by Gasteiger charge is -2.30. The van der Waals surface area contributed by atoms with E-state index in [0.717, 1.165) is 37.9 Å². The Hall–Kier alpha value is -2.28. The molecule has 1 saturated carbocycles. The summed E-state index contributed by atoms with van der Waals surface area (Å²) in [7, 11) is 0. The number of carbonyl (C=O) groups excluding carboxylic acids is 1. The van der Waals surface area contributed by atoms with Crippen LogP contribution in [-0.2, 0) is 11.2 Å². The highest BCUT2D eigenvalue weighted by Gasteiger charge is 2.29. The number of amides is 1. The predicted molar refractivity (Wildman–Crippen MR) is 90.1 cm³/mol. The molecular formula is C18H23FN4O2. The van der Waals surface area contributed by atoms with Crippen LogP contribution in [0.15, 0.2) is 28.8 Å². The average molecular weight is 346 g/mol. The van der Waals surface area contributed by atoms with Crippen LogP contribution in [-0.4, -0.2) is 22.1 Å². The number of carbonyl (C=O) groups is 1. The van der Waals surface area contributed by atoms with Crippen LogP contribution in [0.5, 0.6) is 0 Å². The molecule has 1 atom stereocenters. The highest BCUT2D eigenvalue weighted by atomic mass is 19.1. The third-order valence-electron chi connectivity index (χ3n) is 4.77. The minimum atomic E-state index is -0.614. The van der Waals surface area contributed by atoms with Crippen molar-refractivity contribution in [1.29, 1.82) is 0 Å². The average Bonchev–Trinajstić information content (AvgIpc) is 3.10. The van der Waals surface area contributed by atoms with Crippen molar-refractivity contribution in [3.63, 3.8) is 0 Å². The summed E-state index contributed by atoms with van der Waals surface area (Å²) in [6, 6.07) is 5.42. The van der Waals surface area contributed by atoms with Gasteiger partial charge in [0.05, 0.1) is 0 Å². The standard InChI is InChI=1S/C18H23FN4O2/c1-2-15-22-18(25-23-15)12-5-9-14(10-6-12)21-16(17(20)24)11-3-7-13(19)8-4-11/h3-4,7-8,12,14,16,21H,2,5-6,9-10H2,1H3,(H2,20,24)/t12?,14?,16-/m0/s1. The van der Waals surface area contributed by atoms with Crippen LogP contribution >= 0.6 is 0 Å². The molecule has 0 saturated heterocycles. The van der Waals surface area contributed by atoms with Crippen molar-refractivity contribution in [3.8, 4) is 0 Å². The third kappa shape index (κ3) is 4.22. The summed E-state index contributed by atoms with van der Waals surface area (Å²) in [4.78, 5) is 16.2. The zero-order valence-corrected chi connectivity index (χ0v) is 14.2. The molecule has 1 aromatic carbocycles. The van der Waals surface area contributed by atoms with Gasteiger partial charge in [-0.05, 0) is 43.4 Å². The molecule has 0 radical (unpaired) electrons. The number of halogens is 1. The molecule has 0 spiro atoms. The predicted octanol–water partition coefficient (Wildman–Crippen LogP) is 2.61. The van der Waals surface area contributed by atoms with Crippen molar-refractivity contribution in [3.05, 3.63) is 47.4 Å². The maximum absolute atomic E-state index is 13.1. The summed E-state index contributed by atoms with van der Waals surface area (Å²) in [5, 5.41) is 7.27. The molecule has 0 bridgehead atoms. The fourth-order valence-corrected chi connectivity index (χ4v) is 3.32. The van der Waals surface area contributed by atoms with Gasteiger partial charge in [0.25, 0.3) is 0 Å². The zero-order chi connectivity index (χ0) is 17.8. The topological polar surface area (TPSA) is 94.0 Å². The Balaban J connectivity index is 1.59. The molecule has 6 nitrogen and oxygen atoms in total. The second-order valence-corrected chi connectivity index (χ2v) is 6.50. The Morgan fingerprint density at radius 1 is 1.32 bits per heavy atom. The fourth-order valence-electron chi connectivity index (χ4n) is 3.32. The Bertz CT molecular complexity index is 708. The van der Waals surface area contributed by atoms with Crippen molar-refractivity contribution in [2.75, 3.05) is 0 Å². The molecule has 1 aliphatic carbocycles. The highest BCUT2D eigenvalue weighted by Crippen LogP contribution is 2.33. The summed E-state index contributed by atoms with van der Waals surface area (Å²) in [6.07, 6.45) is 4.37. The lowest BCUT2D eigenvalue weighted by molar-refractivity contribution is -0.120. The number of nitrogens with two attached hydrogens (primary N) is 1. The number of aryl methyl sites for hydroxylation is 1. The molecular weight excluding hydrogens is 323 g/mol. The lowest BCUT2D eigenvalue weighted by atomic mass is 9.85. The largest absolute Gasteiger partial charge is 0.368 e. The molecule has 1 aliphatic rings. The van der Waals surface area contributed by atoms with Gasteiger partial charge in [-0.25, -0.2) is 4.39 Å². The Kier molecular flexibility index (Phi) is 5.43. The van der Waals surface area contributed by atoms with Crippen molar-refractivity contribution >= 4 is 5.91 Å². The second kappa shape index (κ2) is 7.74. The summed E-state index contributed by atoms with van der Waals surface area (Å²) in [6.45, 7) is 1.99. The van der Waals surface area contributed by atoms with Gasteiger partial charge < -0.3 is 10.3 Å². The van der Waals surface area contributed by atoms with E-state index < -0.39 is 11.9 Å². The SMILES string of the molecule is CCc1noc(C2CCC(N[C@H](C(N)=O)c3ccc(F)cc3)CC2)n1. The molecule has 3 rings (SSSR count). The van der Waals surface area contributed by atoms with E-state index in [1.807, 2.05) is 6.92 Å². The monoisotopic (exact) mass is 346 g/mol. The first kappa shape index (κ1) is 17.5. The smallest absolute Gasteiger partial charge is 0.239 e. The van der Waals surface area contributed by atoms with E-state index in [4.69, 9.17) is 10.3 Å². The Labute approximate surface area is 146 Å². The fraction of sp³-hybridized carbons (Fsp3) is 0.500. The van der Waals surface area contributed by atoms with Crippen molar-refractivity contribution in [2.24, 2.45) is 5.73 Å². The number of benzene rings is 1. The van der Waals surface area contributed by atoms with E-state index in [1.54, 1.807) is 12.1 Å². The van der Waals surface area contributed by atoms with Gasteiger partial charge in [0.1, 0.15) is 11.9 Å². The van der Waals surface area contributed by atoms with Crippen LogP contribution in [0.4, 0.5) is 4.39 Å². The van der Waals surface area contributed by atoms with Crippen molar-refractivity contribution < 1.29 is 13.7 Å². The van der Waals surface area contributed by atoms with E-state index in [9.17, 15) is 9.18 Å². The van der Waals surface area contributed by atoms with Crippen LogP contribution in [0.3, 0.4) is 0 Å². The molecule has 0 aliphatic heterocycles. The minimum absolute atomic E-state index is 0.173. The zero-order valence-electron chi connectivity index (χ0n) is 14.2. The number of primary amides is 1. The van der Waals surface area contributed by atoms with Gasteiger partial charge in [0.2, 0.25) is 11.8 Å². The molecule has 25 heavy (non-hydrogen) atoms. The normalized spacial score (nSPS) is 21.8. The number of hydrogen-bond acceptors (Lipinski definition) is 5. The number of hydrogen-bond donors (Lipinski definition) is 2.